The van der Waals surface area contributed by atoms with Gasteiger partial charge in [-0.25, -0.2) is 0 Å². The van der Waals surface area contributed by atoms with Gasteiger partial charge in [-0.05, 0) is 37.8 Å². The van der Waals surface area contributed by atoms with Crippen LogP contribution < -0.4 is 0 Å². The fraction of sp³-hybridized carbons (Fsp3) is 0.545. The molecule has 0 atom stereocenters. The monoisotopic (exact) mass is 206 g/mol. The summed E-state index contributed by atoms with van der Waals surface area (Å²) in [5.41, 5.74) is 1.00. The Balaban J connectivity index is 1.97. The highest BCUT2D eigenvalue weighted by Gasteiger charge is 2.27. The second-order valence-corrected chi connectivity index (χ2v) is 4.04. The summed E-state index contributed by atoms with van der Waals surface area (Å²) in [5, 5.41) is 16.8. The normalized spacial score (nSPS) is 26.1. The summed E-state index contributed by atoms with van der Waals surface area (Å²) in [5.74, 6) is -0.417. The molecule has 0 saturated heterocycles. The van der Waals surface area contributed by atoms with Crippen LogP contribution in [0.2, 0.25) is 0 Å². The van der Waals surface area contributed by atoms with E-state index in [4.69, 9.17) is 5.11 Å². The maximum Gasteiger partial charge on any atom is 0.306 e. The van der Waals surface area contributed by atoms with Crippen molar-refractivity contribution in [3.8, 4) is 0 Å². The van der Waals surface area contributed by atoms with Gasteiger partial charge in [-0.2, -0.15) is 10.2 Å². The fourth-order valence-electron chi connectivity index (χ4n) is 2.17. The molecule has 80 valence electrons. The van der Waals surface area contributed by atoms with Crippen molar-refractivity contribution in [3.63, 3.8) is 0 Å². The first-order valence-corrected chi connectivity index (χ1v) is 5.28. The van der Waals surface area contributed by atoms with Gasteiger partial charge in [0.05, 0.1) is 11.6 Å². The van der Waals surface area contributed by atoms with E-state index in [2.05, 4.69) is 10.2 Å². The van der Waals surface area contributed by atoms with E-state index in [1.54, 1.807) is 6.20 Å². The minimum Gasteiger partial charge on any atom is -0.481 e. The minimum atomic E-state index is -0.660. The lowest BCUT2D eigenvalue weighted by atomic mass is 9.80. The molecule has 1 aliphatic carbocycles. The highest BCUT2D eigenvalue weighted by Crippen LogP contribution is 2.34. The van der Waals surface area contributed by atoms with Crippen LogP contribution >= 0.6 is 0 Å². The number of aromatic nitrogens is 2. The maximum atomic E-state index is 10.8. The lowest BCUT2D eigenvalue weighted by molar-refractivity contribution is -0.142. The number of carboxylic acid groups (broad SMARTS) is 1. The Morgan fingerprint density at radius 1 is 1.33 bits per heavy atom. The largest absolute Gasteiger partial charge is 0.481 e. The standard InChI is InChI=1S/C11H14N2O2/c14-11(15)9-5-3-8(4-6-9)10-2-1-7-12-13-10/h1-2,7-9H,3-6H2,(H,14,15). The van der Waals surface area contributed by atoms with Crippen LogP contribution in [-0.4, -0.2) is 21.3 Å². The van der Waals surface area contributed by atoms with Crippen molar-refractivity contribution < 1.29 is 9.90 Å². The third-order valence-corrected chi connectivity index (χ3v) is 3.09. The van der Waals surface area contributed by atoms with Gasteiger partial charge in [0, 0.05) is 12.1 Å². The molecule has 4 nitrogen and oxygen atoms in total. The first-order chi connectivity index (χ1) is 7.27. The summed E-state index contributed by atoms with van der Waals surface area (Å²) in [6, 6.07) is 3.85. The molecule has 0 radical (unpaired) electrons. The zero-order chi connectivity index (χ0) is 10.7. The molecule has 15 heavy (non-hydrogen) atoms. The van der Waals surface area contributed by atoms with E-state index in [9.17, 15) is 4.79 Å². The zero-order valence-electron chi connectivity index (χ0n) is 8.47. The lowest BCUT2D eigenvalue weighted by Gasteiger charge is -2.25. The Morgan fingerprint density at radius 3 is 2.60 bits per heavy atom. The van der Waals surface area contributed by atoms with Gasteiger partial charge in [0.15, 0.2) is 0 Å². The molecule has 1 aromatic rings. The number of hydrogen-bond acceptors (Lipinski definition) is 3. The zero-order valence-corrected chi connectivity index (χ0v) is 8.47. The van der Waals surface area contributed by atoms with Crippen LogP contribution in [0.5, 0.6) is 0 Å². The molecule has 0 amide bonds. The average Bonchev–Trinajstić information content (AvgIpc) is 2.30. The number of aliphatic carboxylic acids is 1. The van der Waals surface area contributed by atoms with Crippen molar-refractivity contribution in [1.82, 2.24) is 10.2 Å². The van der Waals surface area contributed by atoms with Crippen molar-refractivity contribution in [2.45, 2.75) is 31.6 Å². The molecule has 1 N–H and O–H groups in total. The molecule has 1 fully saturated rings. The Kier molecular flexibility index (Phi) is 2.94. The SMILES string of the molecule is O=C(O)C1CCC(c2cccnn2)CC1. The lowest BCUT2D eigenvalue weighted by Crippen LogP contribution is -2.21. The fourth-order valence-corrected chi connectivity index (χ4v) is 2.17. The predicted octanol–water partition coefficient (Wildman–Crippen LogP) is 1.83. The molecule has 1 heterocycles. The van der Waals surface area contributed by atoms with Gasteiger partial charge in [0.1, 0.15) is 0 Å². The molecule has 0 unspecified atom stereocenters. The van der Waals surface area contributed by atoms with Crippen LogP contribution in [0.1, 0.15) is 37.3 Å². The smallest absolute Gasteiger partial charge is 0.306 e. The molecule has 2 rings (SSSR count). The van der Waals surface area contributed by atoms with Gasteiger partial charge >= 0.3 is 5.97 Å². The van der Waals surface area contributed by atoms with E-state index in [-0.39, 0.29) is 5.92 Å². The number of hydrogen-bond donors (Lipinski definition) is 1. The van der Waals surface area contributed by atoms with E-state index < -0.39 is 5.97 Å². The van der Waals surface area contributed by atoms with Crippen LogP contribution in [0, 0.1) is 5.92 Å². The molecule has 1 saturated carbocycles. The third-order valence-electron chi connectivity index (χ3n) is 3.09. The first kappa shape index (κ1) is 10.1. The molecule has 0 bridgehead atoms. The third kappa shape index (κ3) is 2.32. The second kappa shape index (κ2) is 4.38. The average molecular weight is 206 g/mol. The molecule has 1 aromatic heterocycles. The minimum absolute atomic E-state index is 0.155. The van der Waals surface area contributed by atoms with Gasteiger partial charge in [0.25, 0.3) is 0 Å². The van der Waals surface area contributed by atoms with Crippen molar-refractivity contribution in [3.05, 3.63) is 24.0 Å². The molecule has 1 aliphatic rings. The number of carbonyl (C=O) groups is 1. The molecule has 0 aromatic carbocycles. The summed E-state index contributed by atoms with van der Waals surface area (Å²) >= 11 is 0. The van der Waals surface area contributed by atoms with E-state index in [0.29, 0.717) is 5.92 Å². The van der Waals surface area contributed by atoms with E-state index >= 15 is 0 Å². The van der Waals surface area contributed by atoms with E-state index in [1.165, 1.54) is 0 Å². The second-order valence-electron chi connectivity index (χ2n) is 4.04. The highest BCUT2D eigenvalue weighted by atomic mass is 16.4. The summed E-state index contributed by atoms with van der Waals surface area (Å²) in [7, 11) is 0. The van der Waals surface area contributed by atoms with Crippen molar-refractivity contribution in [2.75, 3.05) is 0 Å². The molecule has 0 spiro atoms. The topological polar surface area (TPSA) is 63.1 Å². The Morgan fingerprint density at radius 2 is 2.07 bits per heavy atom. The highest BCUT2D eigenvalue weighted by molar-refractivity contribution is 5.70. The molecular formula is C11H14N2O2. The quantitative estimate of drug-likeness (QED) is 0.801. The van der Waals surface area contributed by atoms with Gasteiger partial charge in [-0.15, -0.1) is 0 Å². The summed E-state index contributed by atoms with van der Waals surface area (Å²) in [4.78, 5) is 10.8. The van der Waals surface area contributed by atoms with Gasteiger partial charge in [0.2, 0.25) is 0 Å². The van der Waals surface area contributed by atoms with Crippen molar-refractivity contribution in [1.29, 1.82) is 0 Å². The summed E-state index contributed by atoms with van der Waals surface area (Å²) in [6.07, 6.45) is 5.00. The van der Waals surface area contributed by atoms with Crippen LogP contribution in [-0.2, 0) is 4.79 Å². The predicted molar refractivity (Wildman–Crippen MR) is 54.4 cm³/mol. The van der Waals surface area contributed by atoms with E-state index in [0.717, 1.165) is 31.4 Å². The molecule has 0 aliphatic heterocycles. The van der Waals surface area contributed by atoms with Crippen molar-refractivity contribution in [2.24, 2.45) is 5.92 Å². The van der Waals surface area contributed by atoms with Crippen LogP contribution in [0.3, 0.4) is 0 Å². The number of carboxylic acids is 1. The van der Waals surface area contributed by atoms with Crippen LogP contribution in [0.15, 0.2) is 18.3 Å². The Hall–Kier alpha value is -1.45. The molecular weight excluding hydrogens is 192 g/mol. The molecule has 4 heteroatoms. The summed E-state index contributed by atoms with van der Waals surface area (Å²) in [6.45, 7) is 0. The Labute approximate surface area is 88.3 Å². The number of rotatable bonds is 2. The van der Waals surface area contributed by atoms with Crippen LogP contribution in [0.25, 0.3) is 0 Å². The Bertz CT molecular complexity index is 332. The van der Waals surface area contributed by atoms with Crippen LogP contribution in [0.4, 0.5) is 0 Å². The van der Waals surface area contributed by atoms with E-state index in [1.807, 2.05) is 12.1 Å². The first-order valence-electron chi connectivity index (χ1n) is 5.28. The van der Waals surface area contributed by atoms with Gasteiger partial charge in [-0.3, -0.25) is 4.79 Å². The van der Waals surface area contributed by atoms with Gasteiger partial charge in [-0.1, -0.05) is 0 Å². The number of nitrogens with zero attached hydrogens (tertiary/aromatic N) is 2. The maximum absolute atomic E-state index is 10.8. The van der Waals surface area contributed by atoms with Crippen molar-refractivity contribution >= 4 is 5.97 Å². The summed E-state index contributed by atoms with van der Waals surface area (Å²) < 4.78 is 0. The van der Waals surface area contributed by atoms with Gasteiger partial charge < -0.3 is 5.11 Å².